The second-order valence-corrected chi connectivity index (χ2v) is 17.5. The number of hydrogen-bond donors (Lipinski definition) is 2. The molecule has 6 amide bonds. The average molecular weight is 841 g/mol. The minimum atomic E-state index is -1.05. The van der Waals surface area contributed by atoms with Crippen molar-refractivity contribution in [3.8, 4) is 11.1 Å². The number of hydrogen-bond acceptors (Lipinski definition) is 10. The molecule has 3 saturated heterocycles. The lowest BCUT2D eigenvalue weighted by Crippen LogP contribution is -2.56. The van der Waals surface area contributed by atoms with E-state index in [2.05, 4.69) is 48.6 Å². The Morgan fingerprint density at radius 3 is 2.48 bits per heavy atom. The number of anilines is 2. The van der Waals surface area contributed by atoms with Crippen LogP contribution < -0.4 is 15.5 Å². The van der Waals surface area contributed by atoms with Crippen molar-refractivity contribution >= 4 is 51.8 Å². The lowest BCUT2D eigenvalue weighted by molar-refractivity contribution is -0.123. The van der Waals surface area contributed by atoms with Gasteiger partial charge in [-0.3, -0.25) is 34.7 Å². The fourth-order valence-corrected chi connectivity index (χ4v) is 10.7. The summed E-state index contributed by atoms with van der Waals surface area (Å²) in [6.45, 7) is 3.66. The first-order valence-corrected chi connectivity index (χ1v) is 21.6. The number of nitrogens with zero attached hydrogens (tertiary/aromatic N) is 8. The Morgan fingerprint density at radius 2 is 1.70 bits per heavy atom. The molecular formula is C44H41FN10O5S. The number of nitrogens with one attached hydrogen (secondary N) is 2. The van der Waals surface area contributed by atoms with Crippen LogP contribution in [0.4, 0.5) is 20.0 Å². The molecular weight excluding hydrogens is 800 g/mol. The molecule has 3 atom stereocenters. The number of imidazole rings is 1. The van der Waals surface area contributed by atoms with E-state index in [9.17, 15) is 24.0 Å². The van der Waals surface area contributed by atoms with E-state index >= 15 is 4.39 Å². The van der Waals surface area contributed by atoms with Gasteiger partial charge in [-0.25, -0.2) is 29.2 Å². The molecule has 2 aromatic heterocycles. The number of aromatic nitrogens is 3. The maximum atomic E-state index is 16.0. The van der Waals surface area contributed by atoms with Gasteiger partial charge in [-0.15, -0.1) is 11.3 Å². The molecule has 0 radical (unpaired) electrons. The van der Waals surface area contributed by atoms with E-state index in [4.69, 9.17) is 0 Å². The fourth-order valence-electron chi connectivity index (χ4n) is 10.1. The number of thiazole rings is 1. The van der Waals surface area contributed by atoms with Gasteiger partial charge in [-0.1, -0.05) is 24.3 Å². The lowest BCUT2D eigenvalue weighted by Gasteiger charge is -2.42. The number of rotatable bonds is 9. The molecule has 3 fully saturated rings. The summed E-state index contributed by atoms with van der Waals surface area (Å²) in [7, 11) is 0. The van der Waals surface area contributed by atoms with Gasteiger partial charge < -0.3 is 14.4 Å². The quantitative estimate of drug-likeness (QED) is 0.207. The van der Waals surface area contributed by atoms with E-state index in [0.29, 0.717) is 34.0 Å². The highest BCUT2D eigenvalue weighted by molar-refractivity contribution is 7.13. The molecule has 0 aliphatic carbocycles. The number of piperazine rings is 1. The molecule has 6 aliphatic heterocycles. The van der Waals surface area contributed by atoms with E-state index in [0.717, 1.165) is 79.9 Å². The molecule has 11 rings (SSSR count). The summed E-state index contributed by atoms with van der Waals surface area (Å²) in [4.78, 5) is 80.6. The van der Waals surface area contributed by atoms with Crippen LogP contribution in [0.25, 0.3) is 11.1 Å². The van der Waals surface area contributed by atoms with Crippen LogP contribution in [0.1, 0.15) is 80.5 Å². The van der Waals surface area contributed by atoms with Gasteiger partial charge in [0.15, 0.2) is 11.2 Å². The van der Waals surface area contributed by atoms with Gasteiger partial charge in [0.1, 0.15) is 5.82 Å². The molecule has 6 aliphatic rings. The number of benzene rings is 3. The Hall–Kier alpha value is -6.46. The van der Waals surface area contributed by atoms with E-state index in [-0.39, 0.29) is 49.0 Å². The Balaban J connectivity index is 0.772. The van der Waals surface area contributed by atoms with Crippen molar-refractivity contribution in [3.05, 3.63) is 118 Å². The number of halogens is 1. The smallest absolute Gasteiger partial charge is 0.342 e. The van der Waals surface area contributed by atoms with Gasteiger partial charge in [-0.2, -0.15) is 0 Å². The second kappa shape index (κ2) is 14.6. The molecule has 2 N–H and O–H groups in total. The molecule has 2 bridgehead atoms. The molecule has 17 heteroatoms. The highest BCUT2D eigenvalue weighted by Crippen LogP contribution is 2.39. The maximum Gasteiger partial charge on any atom is 0.342 e. The molecule has 3 unspecified atom stereocenters. The van der Waals surface area contributed by atoms with Crippen molar-refractivity contribution in [2.45, 2.75) is 76.4 Å². The molecule has 8 heterocycles. The zero-order chi connectivity index (χ0) is 41.5. The average Bonchev–Trinajstić information content (AvgIpc) is 4.12. The number of carbonyl (C=O) groups excluding carboxylic acids is 5. The van der Waals surface area contributed by atoms with Crippen molar-refractivity contribution in [2.75, 3.05) is 29.9 Å². The first kappa shape index (κ1) is 37.5. The summed E-state index contributed by atoms with van der Waals surface area (Å²) in [5, 5.41) is 10.1. The summed E-state index contributed by atoms with van der Waals surface area (Å²) in [5.41, 5.74) is 6.95. The third kappa shape index (κ3) is 6.45. The summed E-state index contributed by atoms with van der Waals surface area (Å²) in [6, 6.07) is 16.3. The summed E-state index contributed by atoms with van der Waals surface area (Å²) >= 11 is 1.28. The van der Waals surface area contributed by atoms with Crippen LogP contribution in [0.15, 0.2) is 72.5 Å². The van der Waals surface area contributed by atoms with E-state index in [1.54, 1.807) is 24.0 Å². The van der Waals surface area contributed by atoms with E-state index in [1.807, 2.05) is 28.8 Å². The van der Waals surface area contributed by atoms with Crippen molar-refractivity contribution in [3.63, 3.8) is 0 Å². The minimum Gasteiger partial charge on any atom is -0.368 e. The number of hydrazine groups is 1. The Kier molecular flexibility index (Phi) is 9.00. The highest BCUT2D eigenvalue weighted by atomic mass is 32.1. The van der Waals surface area contributed by atoms with E-state index in [1.165, 1.54) is 32.3 Å². The number of fused-ring (bicyclic) bond motifs is 5. The molecule has 0 saturated carbocycles. The van der Waals surface area contributed by atoms with Gasteiger partial charge in [0.25, 0.3) is 17.7 Å². The first-order valence-electron chi connectivity index (χ1n) is 20.7. The second-order valence-electron chi connectivity index (χ2n) is 16.6. The molecule has 5 aromatic rings. The number of imide groups is 1. The van der Waals surface area contributed by atoms with Crippen molar-refractivity contribution in [1.29, 1.82) is 0 Å². The summed E-state index contributed by atoms with van der Waals surface area (Å²) in [6.07, 6.45) is 7.28. The topological polar surface area (TPSA) is 156 Å². The van der Waals surface area contributed by atoms with Crippen LogP contribution in [0.2, 0.25) is 0 Å². The van der Waals surface area contributed by atoms with Crippen LogP contribution in [0.5, 0.6) is 0 Å². The van der Waals surface area contributed by atoms with Gasteiger partial charge in [0, 0.05) is 84.3 Å². The van der Waals surface area contributed by atoms with Crippen molar-refractivity contribution in [1.82, 2.24) is 39.7 Å². The van der Waals surface area contributed by atoms with E-state index < -0.39 is 29.7 Å². The maximum absolute atomic E-state index is 16.0. The molecule has 3 aromatic carbocycles. The standard InChI is InChI=1S/C44H41FN10O5S/c45-35-18-27(17-33-34(35)23-53(41(33)58)39(40(57)49-43-46-12-15-61-43)38-36-2-1-13-50(36)24-47-38)26-4-6-29(7-5-26)51-21-30-8-9-31(22-51)52(30)19-25-3-10-32-28(16-25)20-55(42(32)59)54-14-11-37(56)48-44(54)60/h3-7,10,12,15-18,24,30-31,39H,1-2,8-9,11,13-14,19-23H2,(H,46,49,57)(H,48,56,60). The molecule has 61 heavy (non-hydrogen) atoms. The van der Waals surface area contributed by atoms with Gasteiger partial charge in [-0.05, 0) is 78.3 Å². The predicted octanol–water partition coefficient (Wildman–Crippen LogP) is 5.09. The van der Waals surface area contributed by atoms with Gasteiger partial charge in [0.2, 0.25) is 5.91 Å². The van der Waals surface area contributed by atoms with Crippen molar-refractivity contribution in [2.24, 2.45) is 0 Å². The fraction of sp³-hybridized carbons (Fsp3) is 0.341. The highest BCUT2D eigenvalue weighted by Gasteiger charge is 2.43. The zero-order valence-electron chi connectivity index (χ0n) is 33.1. The lowest BCUT2D eigenvalue weighted by atomic mass is 9.99. The normalized spacial score (nSPS) is 21.3. The molecule has 0 spiro atoms. The van der Waals surface area contributed by atoms with Crippen LogP contribution in [-0.2, 0) is 42.2 Å². The summed E-state index contributed by atoms with van der Waals surface area (Å²) < 4.78 is 18.0. The van der Waals surface area contributed by atoms with Crippen LogP contribution >= 0.6 is 11.3 Å². The first-order chi connectivity index (χ1) is 29.7. The largest absolute Gasteiger partial charge is 0.368 e. The minimum absolute atomic E-state index is 0.0522. The number of amides is 6. The predicted molar refractivity (Wildman–Crippen MR) is 221 cm³/mol. The zero-order valence-corrected chi connectivity index (χ0v) is 33.9. The van der Waals surface area contributed by atoms with Gasteiger partial charge in [0.05, 0.1) is 31.7 Å². The van der Waals surface area contributed by atoms with Crippen LogP contribution in [-0.4, -0.2) is 95.7 Å². The summed E-state index contributed by atoms with van der Waals surface area (Å²) in [5.74, 6) is -1.92. The molecule has 310 valence electrons. The number of aryl methyl sites for hydroxylation is 1. The third-order valence-electron chi connectivity index (χ3n) is 13.1. The van der Waals surface area contributed by atoms with Gasteiger partial charge >= 0.3 is 6.03 Å². The molecule has 15 nitrogen and oxygen atoms in total. The monoisotopic (exact) mass is 840 g/mol. The third-order valence-corrected chi connectivity index (χ3v) is 13.8. The Morgan fingerprint density at radius 1 is 0.885 bits per heavy atom. The Bertz CT molecular complexity index is 2640. The number of urea groups is 1. The van der Waals surface area contributed by atoms with Crippen LogP contribution in [0, 0.1) is 5.82 Å². The van der Waals surface area contributed by atoms with Crippen molar-refractivity contribution < 1.29 is 28.4 Å². The van der Waals surface area contributed by atoms with Crippen LogP contribution in [0.3, 0.4) is 0 Å². The SMILES string of the molecule is O=C1CCN(N2Cc3cc(CN4C5CCC4CN(c4ccc(-c6cc(F)c7c(c6)C(=O)N(C(C(=O)Nc6nccs6)c6ncn8c6CCC8)C7)cc4)C5)ccc3C2=O)C(=O)N1. The number of carbonyl (C=O) groups is 5. The Labute approximate surface area is 353 Å².